The zero-order valence-electron chi connectivity index (χ0n) is 30.0. The zero-order chi connectivity index (χ0) is 38.0. The van der Waals surface area contributed by atoms with Crippen molar-refractivity contribution in [2.75, 3.05) is 20.1 Å². The lowest BCUT2D eigenvalue weighted by atomic mass is 9.72. The van der Waals surface area contributed by atoms with E-state index in [0.29, 0.717) is 32.4 Å². The molecule has 0 radical (unpaired) electrons. The van der Waals surface area contributed by atoms with Crippen molar-refractivity contribution in [2.45, 2.75) is 108 Å². The molecule has 3 amide bonds. The van der Waals surface area contributed by atoms with Crippen LogP contribution in [0.25, 0.3) is 10.9 Å². The molecule has 2 aromatic rings. The van der Waals surface area contributed by atoms with Crippen LogP contribution >= 0.6 is 0 Å². The fourth-order valence-corrected chi connectivity index (χ4v) is 8.90. The molecular weight excluding hydrogens is 678 g/mol. The Hall–Kier alpha value is -4.09. The van der Waals surface area contributed by atoms with Gasteiger partial charge in [-0.25, -0.2) is 9.59 Å². The van der Waals surface area contributed by atoms with Gasteiger partial charge in [0.05, 0.1) is 5.92 Å². The number of carbonyl (C=O) groups excluding carboxylic acids is 3. The average molecular weight is 728 g/mol. The largest absolute Gasteiger partial charge is 0.479 e. The molecule has 0 unspecified atom stereocenters. The third-order valence-electron chi connectivity index (χ3n) is 11.5. The molecule has 16 nitrogen and oxygen atoms in total. The van der Waals surface area contributed by atoms with Crippen LogP contribution in [0.15, 0.2) is 24.4 Å². The minimum absolute atomic E-state index is 0.116. The van der Waals surface area contributed by atoms with Gasteiger partial charge in [-0.05, 0) is 62.3 Å². The van der Waals surface area contributed by atoms with Crippen LogP contribution in [0.1, 0.15) is 70.4 Å². The molecule has 1 aromatic heterocycles. The first-order valence-electron chi connectivity index (χ1n) is 17.9. The van der Waals surface area contributed by atoms with E-state index in [4.69, 9.17) is 25.2 Å². The van der Waals surface area contributed by atoms with Gasteiger partial charge in [-0.15, -0.1) is 0 Å². The molecule has 7 rings (SSSR count). The molecule has 4 saturated heterocycles. The van der Waals surface area contributed by atoms with Gasteiger partial charge in [0.25, 0.3) is 11.8 Å². The lowest BCUT2D eigenvalue weighted by molar-refractivity contribution is -0.322. The van der Waals surface area contributed by atoms with Crippen LogP contribution < -0.4 is 5.32 Å². The molecule has 0 spiro atoms. The minimum atomic E-state index is -2.27. The number of ether oxygens (including phenoxy) is 1. The summed E-state index contributed by atoms with van der Waals surface area (Å²) in [7, 11) is 2.07. The summed E-state index contributed by atoms with van der Waals surface area (Å²) in [4.78, 5) is 70.4. The number of aliphatic carboxylic acids is 2. The summed E-state index contributed by atoms with van der Waals surface area (Å²) in [5, 5.41) is 49.0. The first-order valence-corrected chi connectivity index (χ1v) is 17.9. The number of aliphatic hydroxyl groups excluding tert-OH is 2. The van der Waals surface area contributed by atoms with E-state index >= 15 is 0 Å². The Labute approximate surface area is 300 Å². The van der Waals surface area contributed by atoms with Crippen LogP contribution in [0.5, 0.6) is 0 Å². The highest BCUT2D eigenvalue weighted by molar-refractivity contribution is 5.98. The number of nitrogens with one attached hydrogen (secondary N) is 2. The van der Waals surface area contributed by atoms with Crippen molar-refractivity contribution >= 4 is 40.6 Å². The smallest absolute Gasteiger partial charge is 0.335 e. The summed E-state index contributed by atoms with van der Waals surface area (Å²) in [6.07, 6.45) is 0.827. The van der Waals surface area contributed by atoms with Gasteiger partial charge in [-0.1, -0.05) is 39.8 Å². The number of carboxylic acid groups (broad SMARTS) is 2. The second-order valence-electron chi connectivity index (χ2n) is 15.6. The molecule has 1 aliphatic carbocycles. The van der Waals surface area contributed by atoms with Crippen LogP contribution in [0.2, 0.25) is 0 Å². The van der Waals surface area contributed by atoms with E-state index in [9.17, 15) is 29.1 Å². The molecule has 0 bridgehead atoms. The Bertz CT molecular complexity index is 1740. The Morgan fingerprint density at radius 1 is 1.08 bits per heavy atom. The van der Waals surface area contributed by atoms with Crippen molar-refractivity contribution in [3.8, 4) is 0 Å². The van der Waals surface area contributed by atoms with Gasteiger partial charge in [0.1, 0.15) is 12.1 Å². The van der Waals surface area contributed by atoms with E-state index in [1.54, 1.807) is 4.90 Å². The maximum absolute atomic E-state index is 14.4. The molecule has 5 aliphatic rings. The number of rotatable bonds is 8. The zero-order valence-corrected chi connectivity index (χ0v) is 30.0. The predicted octanol–water partition coefficient (Wildman–Crippen LogP) is 0.398. The van der Waals surface area contributed by atoms with E-state index in [1.807, 2.05) is 27.7 Å². The standard InChI is InChI=1S/C32H43N5O5.C4H6O6/c1-17(2)12-25-29(39)36-11-7-10-26(36)32(41)37(25)30(40)31(42-32,18(3)4)34-28(38)20-13-22-21-8-6-9-23-27(21)19(15-33-23)14-24(22)35(5)16-20;5-1(3(7)8)2(6)4(9)10/h6,8-9,15,17-18,20,22,24-26,33,41H,7,10-14,16H2,1-5H3,(H,34,38);1-2,5-6H,(H,7,8)(H,9,10)/t20-,22-,24-,25+,26+,31-,32+;1-,2-/m11/s1. The number of fused-ring (bicyclic) bond motifs is 5. The number of piperazine rings is 1. The number of aromatic nitrogens is 1. The average Bonchev–Trinajstić information content (AvgIpc) is 3.80. The molecule has 9 atom stereocenters. The maximum atomic E-state index is 14.4. The molecule has 16 heteroatoms. The fraction of sp³-hybridized carbons (Fsp3) is 0.639. The second kappa shape index (κ2) is 13.7. The summed E-state index contributed by atoms with van der Waals surface area (Å²) in [6, 6.07) is 5.13. The molecule has 0 saturated carbocycles. The van der Waals surface area contributed by atoms with Crippen LogP contribution in [-0.2, 0) is 35.1 Å². The Kier molecular flexibility index (Phi) is 9.93. The Morgan fingerprint density at radius 3 is 2.37 bits per heavy atom. The lowest BCUT2D eigenvalue weighted by Crippen LogP contribution is -2.71. The Morgan fingerprint density at radius 2 is 1.75 bits per heavy atom. The van der Waals surface area contributed by atoms with E-state index in [2.05, 4.69) is 46.6 Å². The second-order valence-corrected chi connectivity index (χ2v) is 15.6. The van der Waals surface area contributed by atoms with E-state index in [-0.39, 0.29) is 35.6 Å². The third kappa shape index (κ3) is 6.03. The van der Waals surface area contributed by atoms with Crippen LogP contribution in [-0.4, -0.2) is 137 Å². The Balaban J connectivity index is 0.000000408. The number of piperidine rings is 1. The van der Waals surface area contributed by atoms with Gasteiger partial charge in [0, 0.05) is 48.1 Å². The van der Waals surface area contributed by atoms with Crippen LogP contribution in [0, 0.1) is 17.8 Å². The summed E-state index contributed by atoms with van der Waals surface area (Å²) in [5.41, 5.74) is 1.93. The molecule has 52 heavy (non-hydrogen) atoms. The van der Waals surface area contributed by atoms with Crippen molar-refractivity contribution in [1.82, 2.24) is 25.0 Å². The number of H-pyrrole nitrogens is 1. The van der Waals surface area contributed by atoms with Crippen molar-refractivity contribution in [3.05, 3.63) is 35.5 Å². The predicted molar refractivity (Wildman–Crippen MR) is 183 cm³/mol. The molecular formula is C36H49N5O11. The highest BCUT2D eigenvalue weighted by Gasteiger charge is 2.72. The van der Waals surface area contributed by atoms with E-state index in [0.717, 1.165) is 18.4 Å². The van der Waals surface area contributed by atoms with Gasteiger partial charge >= 0.3 is 11.9 Å². The SMILES string of the molecule is CC(C)C[C@H]1C(=O)N2CCC[C@H]2[C@]2(O)O[C@](NC(=O)[C@@H]3C[C@@H]4c5cccc6[nH]cc(c56)C[C@H]4N(C)C3)(C(C)C)C(=O)N12.O=C(O)[C@H](O)[C@@H](O)C(=O)O. The number of hydrogen-bond donors (Lipinski definition) is 7. The number of aliphatic hydroxyl groups is 3. The fourth-order valence-electron chi connectivity index (χ4n) is 8.90. The van der Waals surface area contributed by atoms with Crippen molar-refractivity contribution < 1.29 is 54.2 Å². The topological polar surface area (TPSA) is 233 Å². The number of likely N-dealkylation sites (N-methyl/N-ethyl adjacent to an activating group) is 1. The number of likely N-dealkylation sites (tertiary alicyclic amines) is 1. The molecule has 284 valence electrons. The quantitative estimate of drug-likeness (QED) is 0.196. The van der Waals surface area contributed by atoms with Crippen LogP contribution in [0.3, 0.4) is 0 Å². The molecule has 4 aliphatic heterocycles. The van der Waals surface area contributed by atoms with Gasteiger partial charge in [-0.2, -0.15) is 0 Å². The first kappa shape index (κ1) is 37.7. The van der Waals surface area contributed by atoms with Gasteiger partial charge in [0.2, 0.25) is 17.5 Å². The minimum Gasteiger partial charge on any atom is -0.479 e. The van der Waals surface area contributed by atoms with Crippen molar-refractivity contribution in [3.63, 3.8) is 0 Å². The highest BCUT2D eigenvalue weighted by atomic mass is 16.7. The van der Waals surface area contributed by atoms with E-state index < -0.39 is 59.7 Å². The normalized spacial score (nSPS) is 32.2. The number of carboxylic acids is 2. The number of hydrogen-bond acceptors (Lipinski definition) is 10. The van der Waals surface area contributed by atoms with Crippen molar-refractivity contribution in [1.29, 1.82) is 0 Å². The molecule has 7 N–H and O–H groups in total. The summed E-state index contributed by atoms with van der Waals surface area (Å²) >= 11 is 0. The number of nitrogens with zero attached hydrogens (tertiary/aromatic N) is 3. The number of benzene rings is 1. The van der Waals surface area contributed by atoms with Gasteiger partial charge < -0.3 is 45.6 Å². The van der Waals surface area contributed by atoms with Crippen LogP contribution in [0.4, 0.5) is 0 Å². The van der Waals surface area contributed by atoms with Gasteiger partial charge in [-0.3, -0.25) is 24.0 Å². The highest BCUT2D eigenvalue weighted by Crippen LogP contribution is 2.49. The number of amides is 3. The van der Waals surface area contributed by atoms with E-state index in [1.165, 1.54) is 21.4 Å². The summed E-state index contributed by atoms with van der Waals surface area (Å²) in [5.74, 6) is -7.01. The summed E-state index contributed by atoms with van der Waals surface area (Å²) < 4.78 is 6.45. The monoisotopic (exact) mass is 727 g/mol. The van der Waals surface area contributed by atoms with Gasteiger partial charge in [0.15, 0.2) is 12.2 Å². The lowest BCUT2D eigenvalue weighted by Gasteiger charge is -2.49. The molecule has 5 heterocycles. The maximum Gasteiger partial charge on any atom is 0.335 e. The number of aromatic amines is 1. The molecule has 4 fully saturated rings. The molecule has 1 aromatic carbocycles. The summed E-state index contributed by atoms with van der Waals surface area (Å²) in [6.45, 7) is 8.73. The van der Waals surface area contributed by atoms with Crippen molar-refractivity contribution in [2.24, 2.45) is 17.8 Å². The first-order chi connectivity index (χ1) is 24.4. The third-order valence-corrected chi connectivity index (χ3v) is 11.5. The number of carbonyl (C=O) groups is 5.